The molecule has 0 unspecified atom stereocenters. The van der Waals surface area contributed by atoms with E-state index in [0.717, 1.165) is 11.3 Å². The number of H-pyrrole nitrogens is 1. The van der Waals surface area contributed by atoms with Crippen LogP contribution in [-0.2, 0) is 0 Å². The average molecular weight is 231 g/mol. The van der Waals surface area contributed by atoms with Crippen molar-refractivity contribution >= 4 is 11.8 Å². The Labute approximate surface area is 98.7 Å². The minimum atomic E-state index is 0.0299. The van der Waals surface area contributed by atoms with E-state index in [9.17, 15) is 4.79 Å². The molecule has 1 heterocycles. The van der Waals surface area contributed by atoms with Crippen molar-refractivity contribution in [3.63, 3.8) is 0 Å². The molecular weight excluding hydrogens is 218 g/mol. The monoisotopic (exact) mass is 231 g/mol. The van der Waals surface area contributed by atoms with E-state index in [2.05, 4.69) is 18.0 Å². The SMILES string of the molecule is CSc1c(C)cccc1-c1cc(=O)cc[nH]1. The Morgan fingerprint density at radius 3 is 2.75 bits per heavy atom. The first kappa shape index (κ1) is 11.0. The van der Waals surface area contributed by atoms with Crippen LogP contribution >= 0.6 is 11.8 Å². The van der Waals surface area contributed by atoms with Crippen molar-refractivity contribution in [2.45, 2.75) is 11.8 Å². The van der Waals surface area contributed by atoms with Gasteiger partial charge in [0.25, 0.3) is 0 Å². The molecule has 0 spiro atoms. The van der Waals surface area contributed by atoms with Crippen LogP contribution in [0.1, 0.15) is 5.56 Å². The van der Waals surface area contributed by atoms with Crippen molar-refractivity contribution in [2.24, 2.45) is 0 Å². The number of benzene rings is 1. The van der Waals surface area contributed by atoms with E-state index in [4.69, 9.17) is 0 Å². The third-order valence-corrected chi connectivity index (χ3v) is 3.43. The molecule has 2 rings (SSSR count). The lowest BCUT2D eigenvalue weighted by atomic mass is 10.1. The molecule has 16 heavy (non-hydrogen) atoms. The van der Waals surface area contributed by atoms with Crippen molar-refractivity contribution in [3.05, 3.63) is 52.3 Å². The molecule has 0 amide bonds. The van der Waals surface area contributed by atoms with Gasteiger partial charge in [0.05, 0.1) is 5.69 Å². The summed E-state index contributed by atoms with van der Waals surface area (Å²) in [4.78, 5) is 15.6. The molecule has 0 aliphatic rings. The smallest absolute Gasteiger partial charge is 0.182 e. The lowest BCUT2D eigenvalue weighted by molar-refractivity contribution is 1.24. The van der Waals surface area contributed by atoms with Crippen molar-refractivity contribution in [1.82, 2.24) is 4.98 Å². The fourth-order valence-electron chi connectivity index (χ4n) is 1.74. The summed E-state index contributed by atoms with van der Waals surface area (Å²) >= 11 is 1.70. The molecule has 0 bridgehead atoms. The highest BCUT2D eigenvalue weighted by Crippen LogP contribution is 2.30. The van der Waals surface area contributed by atoms with Crippen molar-refractivity contribution in [1.29, 1.82) is 0 Å². The molecular formula is C13H13NOS. The number of pyridine rings is 1. The summed E-state index contributed by atoms with van der Waals surface area (Å²) in [5.74, 6) is 0. The molecule has 2 nitrogen and oxygen atoms in total. The number of aromatic nitrogens is 1. The average Bonchev–Trinajstić information content (AvgIpc) is 2.28. The first-order valence-electron chi connectivity index (χ1n) is 5.05. The summed E-state index contributed by atoms with van der Waals surface area (Å²) in [5.41, 5.74) is 3.22. The van der Waals surface area contributed by atoms with Gasteiger partial charge in [-0.05, 0) is 18.7 Å². The molecule has 1 aromatic heterocycles. The first-order valence-corrected chi connectivity index (χ1v) is 6.27. The lowest BCUT2D eigenvalue weighted by Crippen LogP contribution is -1.99. The highest BCUT2D eigenvalue weighted by atomic mass is 32.2. The number of nitrogens with one attached hydrogen (secondary N) is 1. The van der Waals surface area contributed by atoms with E-state index < -0.39 is 0 Å². The Kier molecular flexibility index (Phi) is 3.15. The van der Waals surface area contributed by atoms with Gasteiger partial charge in [-0.2, -0.15) is 0 Å². The van der Waals surface area contributed by atoms with Gasteiger partial charge in [0.15, 0.2) is 5.43 Å². The molecule has 3 heteroatoms. The van der Waals surface area contributed by atoms with Gasteiger partial charge in [0.2, 0.25) is 0 Å². The molecule has 0 aliphatic heterocycles. The summed E-state index contributed by atoms with van der Waals surface area (Å²) in [7, 11) is 0. The summed E-state index contributed by atoms with van der Waals surface area (Å²) in [6.07, 6.45) is 3.73. The number of thioether (sulfide) groups is 1. The normalized spacial score (nSPS) is 10.4. The Balaban J connectivity index is 2.64. The molecule has 0 atom stereocenters. The van der Waals surface area contributed by atoms with Crippen LogP contribution in [0.15, 0.2) is 46.2 Å². The fourth-order valence-corrected chi connectivity index (χ4v) is 2.52. The van der Waals surface area contributed by atoms with Gasteiger partial charge in [-0.25, -0.2) is 0 Å². The van der Waals surface area contributed by atoms with Gasteiger partial charge in [-0.1, -0.05) is 18.2 Å². The third kappa shape index (κ3) is 2.04. The van der Waals surface area contributed by atoms with Gasteiger partial charge in [-0.15, -0.1) is 11.8 Å². The van der Waals surface area contributed by atoms with Gasteiger partial charge in [0, 0.05) is 28.8 Å². The topological polar surface area (TPSA) is 32.9 Å². The van der Waals surface area contributed by atoms with Crippen LogP contribution in [0.25, 0.3) is 11.3 Å². The molecule has 0 radical (unpaired) electrons. The van der Waals surface area contributed by atoms with Crippen LogP contribution in [-0.4, -0.2) is 11.2 Å². The Morgan fingerprint density at radius 2 is 2.06 bits per heavy atom. The van der Waals surface area contributed by atoms with E-state index >= 15 is 0 Å². The van der Waals surface area contributed by atoms with Gasteiger partial charge < -0.3 is 4.98 Å². The molecule has 2 aromatic rings. The largest absolute Gasteiger partial charge is 0.361 e. The minimum Gasteiger partial charge on any atom is -0.361 e. The zero-order valence-electron chi connectivity index (χ0n) is 9.28. The molecule has 0 saturated carbocycles. The van der Waals surface area contributed by atoms with Crippen LogP contribution in [0.2, 0.25) is 0 Å². The van der Waals surface area contributed by atoms with E-state index in [1.54, 1.807) is 24.0 Å². The van der Waals surface area contributed by atoms with Crippen molar-refractivity contribution in [3.8, 4) is 11.3 Å². The van der Waals surface area contributed by atoms with Crippen LogP contribution < -0.4 is 5.43 Å². The van der Waals surface area contributed by atoms with E-state index in [1.807, 2.05) is 18.4 Å². The Hall–Kier alpha value is -1.48. The molecule has 0 saturated heterocycles. The summed E-state index contributed by atoms with van der Waals surface area (Å²) in [6, 6.07) is 9.28. The molecule has 82 valence electrons. The highest BCUT2D eigenvalue weighted by Gasteiger charge is 2.06. The minimum absolute atomic E-state index is 0.0299. The first-order chi connectivity index (χ1) is 7.72. The van der Waals surface area contributed by atoms with E-state index in [0.29, 0.717) is 0 Å². The second kappa shape index (κ2) is 4.58. The maximum Gasteiger partial charge on any atom is 0.182 e. The standard InChI is InChI=1S/C13H13NOS/c1-9-4-3-5-11(13(9)16-2)12-8-10(15)6-7-14-12/h3-8H,1-2H3,(H,14,15). The second-order valence-electron chi connectivity index (χ2n) is 3.59. The Morgan fingerprint density at radius 1 is 1.25 bits per heavy atom. The summed E-state index contributed by atoms with van der Waals surface area (Å²) in [6.45, 7) is 2.08. The maximum absolute atomic E-state index is 11.3. The van der Waals surface area contributed by atoms with Gasteiger partial charge >= 0.3 is 0 Å². The maximum atomic E-state index is 11.3. The lowest BCUT2D eigenvalue weighted by Gasteiger charge is -2.09. The van der Waals surface area contributed by atoms with Crippen molar-refractivity contribution in [2.75, 3.05) is 6.26 Å². The highest BCUT2D eigenvalue weighted by molar-refractivity contribution is 7.98. The van der Waals surface area contributed by atoms with Crippen molar-refractivity contribution < 1.29 is 0 Å². The fraction of sp³-hybridized carbons (Fsp3) is 0.154. The molecule has 0 fully saturated rings. The molecule has 0 aliphatic carbocycles. The number of hydrogen-bond acceptors (Lipinski definition) is 2. The second-order valence-corrected chi connectivity index (χ2v) is 4.41. The third-order valence-electron chi connectivity index (χ3n) is 2.48. The van der Waals surface area contributed by atoms with Gasteiger partial charge in [-0.3, -0.25) is 4.79 Å². The van der Waals surface area contributed by atoms with Crippen LogP contribution in [0.5, 0.6) is 0 Å². The van der Waals surface area contributed by atoms with E-state index in [-0.39, 0.29) is 5.43 Å². The zero-order valence-corrected chi connectivity index (χ0v) is 10.1. The zero-order chi connectivity index (χ0) is 11.5. The van der Waals surface area contributed by atoms with Gasteiger partial charge in [0.1, 0.15) is 0 Å². The summed E-state index contributed by atoms with van der Waals surface area (Å²) < 4.78 is 0. The van der Waals surface area contributed by atoms with E-state index in [1.165, 1.54) is 16.5 Å². The predicted molar refractivity (Wildman–Crippen MR) is 69.0 cm³/mol. The van der Waals surface area contributed by atoms with Crippen LogP contribution in [0.3, 0.4) is 0 Å². The number of hydrogen-bond donors (Lipinski definition) is 1. The summed E-state index contributed by atoms with van der Waals surface area (Å²) in [5, 5.41) is 0. The van der Waals surface area contributed by atoms with Crippen LogP contribution in [0, 0.1) is 6.92 Å². The van der Waals surface area contributed by atoms with Crippen LogP contribution in [0.4, 0.5) is 0 Å². The quantitative estimate of drug-likeness (QED) is 0.806. The molecule has 1 N–H and O–H groups in total. The molecule has 1 aromatic carbocycles. The number of rotatable bonds is 2. The predicted octanol–water partition coefficient (Wildman–Crippen LogP) is 3.07. The number of aryl methyl sites for hydroxylation is 1. The Bertz CT molecular complexity index is 560. The number of aromatic amines is 1.